The van der Waals surface area contributed by atoms with Gasteiger partial charge in [-0.3, -0.25) is 0 Å². The van der Waals surface area contributed by atoms with Gasteiger partial charge in [-0.1, -0.05) is 36.4 Å². The standard InChI is InChI=1S/C20H23BO5/c1-19(2)20(3,4)26-21(25-19)15-10-11-17(16(12-15)18(22)23)24-13-14-8-6-5-7-9-14/h5-12H,13H2,1-4H3,(H,22,23). The van der Waals surface area contributed by atoms with E-state index in [2.05, 4.69) is 0 Å². The second-order valence-corrected chi connectivity index (χ2v) is 7.42. The molecule has 3 rings (SSSR count). The molecule has 1 saturated heterocycles. The van der Waals surface area contributed by atoms with Crippen molar-refractivity contribution in [1.29, 1.82) is 0 Å². The van der Waals surface area contributed by atoms with Crippen molar-refractivity contribution in [3.8, 4) is 5.75 Å². The summed E-state index contributed by atoms with van der Waals surface area (Å²) in [6.45, 7) is 8.15. The SMILES string of the molecule is CC1(C)OB(c2ccc(OCc3ccccc3)c(C(=O)O)c2)OC1(C)C. The molecule has 1 heterocycles. The van der Waals surface area contributed by atoms with Crippen molar-refractivity contribution in [3.05, 3.63) is 59.7 Å². The first-order chi connectivity index (χ1) is 12.2. The Balaban J connectivity index is 1.82. The van der Waals surface area contributed by atoms with E-state index in [1.165, 1.54) is 0 Å². The minimum absolute atomic E-state index is 0.0909. The molecule has 2 aromatic carbocycles. The highest BCUT2D eigenvalue weighted by atomic mass is 16.7. The Morgan fingerprint density at radius 1 is 1.04 bits per heavy atom. The van der Waals surface area contributed by atoms with Crippen molar-refractivity contribution in [2.24, 2.45) is 0 Å². The van der Waals surface area contributed by atoms with Gasteiger partial charge in [0, 0.05) is 0 Å². The number of hydrogen-bond donors (Lipinski definition) is 1. The van der Waals surface area contributed by atoms with Crippen molar-refractivity contribution in [2.45, 2.75) is 45.5 Å². The number of carbonyl (C=O) groups is 1. The summed E-state index contributed by atoms with van der Waals surface area (Å²) in [6, 6.07) is 14.6. The van der Waals surface area contributed by atoms with Crippen LogP contribution in [-0.2, 0) is 15.9 Å². The average Bonchev–Trinajstić information content (AvgIpc) is 2.81. The van der Waals surface area contributed by atoms with Gasteiger partial charge in [0.2, 0.25) is 0 Å². The Labute approximate surface area is 154 Å². The highest BCUT2D eigenvalue weighted by molar-refractivity contribution is 6.62. The van der Waals surface area contributed by atoms with E-state index in [1.54, 1.807) is 18.2 Å². The highest BCUT2D eigenvalue weighted by Gasteiger charge is 2.51. The van der Waals surface area contributed by atoms with Crippen molar-refractivity contribution in [3.63, 3.8) is 0 Å². The van der Waals surface area contributed by atoms with Crippen molar-refractivity contribution >= 4 is 18.6 Å². The van der Waals surface area contributed by atoms with Crippen LogP contribution in [0.25, 0.3) is 0 Å². The Hall–Kier alpha value is -2.31. The van der Waals surface area contributed by atoms with Crippen LogP contribution in [-0.4, -0.2) is 29.4 Å². The zero-order valence-corrected chi connectivity index (χ0v) is 15.5. The zero-order valence-electron chi connectivity index (χ0n) is 15.5. The molecule has 1 aliphatic heterocycles. The third-order valence-electron chi connectivity index (χ3n) is 5.00. The van der Waals surface area contributed by atoms with Crippen molar-refractivity contribution < 1.29 is 23.9 Å². The molecule has 5 nitrogen and oxygen atoms in total. The summed E-state index contributed by atoms with van der Waals surface area (Å²) in [7, 11) is -0.610. The fraction of sp³-hybridized carbons (Fsp3) is 0.350. The molecule has 136 valence electrons. The summed E-state index contributed by atoms with van der Waals surface area (Å²) in [6.07, 6.45) is 0. The van der Waals surface area contributed by atoms with Crippen LogP contribution in [0.3, 0.4) is 0 Å². The van der Waals surface area contributed by atoms with Crippen LogP contribution in [0.1, 0.15) is 43.6 Å². The lowest BCUT2D eigenvalue weighted by molar-refractivity contribution is 0.00578. The molecule has 1 N–H and O–H groups in total. The number of carboxylic acid groups (broad SMARTS) is 1. The van der Waals surface area contributed by atoms with E-state index in [9.17, 15) is 9.90 Å². The molecule has 0 aliphatic carbocycles. The van der Waals surface area contributed by atoms with Crippen LogP contribution in [0.15, 0.2) is 48.5 Å². The van der Waals surface area contributed by atoms with Crippen LogP contribution >= 0.6 is 0 Å². The molecule has 0 atom stereocenters. The monoisotopic (exact) mass is 354 g/mol. The van der Waals surface area contributed by atoms with Crippen LogP contribution in [0.4, 0.5) is 0 Å². The molecule has 6 heteroatoms. The van der Waals surface area contributed by atoms with Crippen LogP contribution in [0.5, 0.6) is 5.75 Å². The highest BCUT2D eigenvalue weighted by Crippen LogP contribution is 2.36. The average molecular weight is 354 g/mol. The lowest BCUT2D eigenvalue weighted by Crippen LogP contribution is -2.41. The number of ether oxygens (including phenoxy) is 1. The number of hydrogen-bond acceptors (Lipinski definition) is 4. The summed E-state index contributed by atoms with van der Waals surface area (Å²) in [4.78, 5) is 11.7. The molecule has 0 amide bonds. The quantitative estimate of drug-likeness (QED) is 0.835. The minimum atomic E-state index is -1.05. The summed E-state index contributed by atoms with van der Waals surface area (Å²) >= 11 is 0. The Morgan fingerprint density at radius 2 is 1.65 bits per heavy atom. The Kier molecular flexibility index (Phi) is 4.82. The van der Waals surface area contributed by atoms with Gasteiger partial charge >= 0.3 is 13.1 Å². The molecular weight excluding hydrogens is 331 g/mol. The van der Waals surface area contributed by atoms with E-state index in [0.29, 0.717) is 17.8 Å². The first-order valence-corrected chi connectivity index (χ1v) is 8.59. The normalized spacial score (nSPS) is 17.9. The van der Waals surface area contributed by atoms with Crippen LogP contribution < -0.4 is 10.2 Å². The van der Waals surface area contributed by atoms with Gasteiger partial charge in [0.05, 0.1) is 11.2 Å². The fourth-order valence-corrected chi connectivity index (χ4v) is 2.70. The van der Waals surface area contributed by atoms with Crippen LogP contribution in [0, 0.1) is 0 Å². The fourth-order valence-electron chi connectivity index (χ4n) is 2.70. The molecule has 1 fully saturated rings. The molecule has 26 heavy (non-hydrogen) atoms. The molecular formula is C20H23BO5. The molecule has 2 aromatic rings. The first kappa shape index (κ1) is 18.5. The van der Waals surface area contributed by atoms with Crippen molar-refractivity contribution in [1.82, 2.24) is 0 Å². The van der Waals surface area contributed by atoms with Gasteiger partial charge in [0.1, 0.15) is 17.9 Å². The zero-order chi connectivity index (χ0) is 18.9. The third kappa shape index (κ3) is 3.62. The van der Waals surface area contributed by atoms with E-state index < -0.39 is 24.3 Å². The molecule has 0 radical (unpaired) electrons. The Bertz CT molecular complexity index is 785. The second kappa shape index (κ2) is 6.78. The topological polar surface area (TPSA) is 65.0 Å². The molecule has 0 saturated carbocycles. The smallest absolute Gasteiger partial charge is 0.488 e. The van der Waals surface area contributed by atoms with E-state index >= 15 is 0 Å². The largest absolute Gasteiger partial charge is 0.494 e. The maximum Gasteiger partial charge on any atom is 0.494 e. The number of carboxylic acids is 1. The van der Waals surface area contributed by atoms with Gasteiger partial charge in [-0.2, -0.15) is 0 Å². The first-order valence-electron chi connectivity index (χ1n) is 8.59. The van der Waals surface area contributed by atoms with Gasteiger partial charge in [0.15, 0.2) is 0 Å². The summed E-state index contributed by atoms with van der Waals surface area (Å²) in [5.41, 5.74) is 0.757. The van der Waals surface area contributed by atoms with Crippen molar-refractivity contribution in [2.75, 3.05) is 0 Å². The number of benzene rings is 2. The van der Waals surface area contributed by atoms with Gasteiger partial charge in [-0.15, -0.1) is 0 Å². The number of aromatic carboxylic acids is 1. The molecule has 0 spiro atoms. The van der Waals surface area contributed by atoms with Gasteiger partial charge in [-0.05, 0) is 50.9 Å². The predicted octanol–water partition coefficient (Wildman–Crippen LogP) is 3.26. The maximum absolute atomic E-state index is 11.7. The minimum Gasteiger partial charge on any atom is -0.488 e. The maximum atomic E-state index is 11.7. The lowest BCUT2D eigenvalue weighted by Gasteiger charge is -2.32. The summed E-state index contributed by atoms with van der Waals surface area (Å²) < 4.78 is 17.7. The van der Waals surface area contributed by atoms with E-state index in [4.69, 9.17) is 14.0 Å². The molecule has 1 aliphatic rings. The Morgan fingerprint density at radius 3 is 2.23 bits per heavy atom. The lowest BCUT2D eigenvalue weighted by atomic mass is 9.78. The summed E-state index contributed by atoms with van der Waals surface area (Å²) in [5, 5.41) is 9.57. The van der Waals surface area contributed by atoms with Crippen LogP contribution in [0.2, 0.25) is 0 Å². The third-order valence-corrected chi connectivity index (χ3v) is 5.00. The molecule has 0 aromatic heterocycles. The second-order valence-electron chi connectivity index (χ2n) is 7.42. The number of rotatable bonds is 5. The van der Waals surface area contributed by atoms with Gasteiger partial charge in [-0.25, -0.2) is 4.79 Å². The van der Waals surface area contributed by atoms with E-state index in [1.807, 2.05) is 58.0 Å². The van der Waals surface area contributed by atoms with E-state index in [0.717, 1.165) is 5.56 Å². The van der Waals surface area contributed by atoms with E-state index in [-0.39, 0.29) is 5.56 Å². The summed E-state index contributed by atoms with van der Waals surface area (Å²) in [5.74, 6) is -0.729. The molecule has 0 unspecified atom stereocenters. The predicted molar refractivity (Wildman–Crippen MR) is 99.9 cm³/mol. The van der Waals surface area contributed by atoms with Gasteiger partial charge < -0.3 is 19.2 Å². The molecule has 0 bridgehead atoms. The van der Waals surface area contributed by atoms with Gasteiger partial charge in [0.25, 0.3) is 0 Å².